The zero-order valence-corrected chi connectivity index (χ0v) is 16.6. The average Bonchev–Trinajstić information content (AvgIpc) is 2.76. The summed E-state index contributed by atoms with van der Waals surface area (Å²) >= 11 is 0. The van der Waals surface area contributed by atoms with Crippen molar-refractivity contribution in [3.05, 3.63) is 125 Å². The summed E-state index contributed by atoms with van der Waals surface area (Å²) in [7, 11) is 0. The molecule has 3 heteroatoms. The van der Waals surface area contributed by atoms with E-state index in [1.165, 1.54) is 0 Å². The van der Waals surface area contributed by atoms with Crippen LogP contribution in [-0.2, 0) is 12.8 Å². The van der Waals surface area contributed by atoms with Gasteiger partial charge in [0.25, 0.3) is 0 Å². The van der Waals surface area contributed by atoms with Gasteiger partial charge in [0.05, 0.1) is 0 Å². The van der Waals surface area contributed by atoms with E-state index in [1.807, 2.05) is 42.5 Å². The van der Waals surface area contributed by atoms with Crippen molar-refractivity contribution in [1.29, 1.82) is 0 Å². The Morgan fingerprint density at radius 1 is 0.500 bits per heavy atom. The summed E-state index contributed by atoms with van der Waals surface area (Å²) in [4.78, 5) is 0. The van der Waals surface area contributed by atoms with Gasteiger partial charge in [0.2, 0.25) is 0 Å². The summed E-state index contributed by atoms with van der Waals surface area (Å²) in [6.45, 7) is 0. The third kappa shape index (κ3) is 4.31. The van der Waals surface area contributed by atoms with Crippen molar-refractivity contribution in [1.82, 2.24) is 0 Å². The molecule has 150 valence electrons. The first-order valence-electron chi connectivity index (χ1n) is 10.0. The molecule has 0 fully saturated rings. The fourth-order valence-electron chi connectivity index (χ4n) is 3.86. The van der Waals surface area contributed by atoms with Crippen molar-refractivity contribution in [2.75, 3.05) is 0 Å². The van der Waals surface area contributed by atoms with Crippen LogP contribution in [0.25, 0.3) is 0 Å². The molecule has 3 nitrogen and oxygen atoms in total. The Morgan fingerprint density at radius 2 is 0.967 bits per heavy atom. The van der Waals surface area contributed by atoms with Crippen LogP contribution >= 0.6 is 0 Å². The molecule has 0 aliphatic rings. The van der Waals surface area contributed by atoms with Crippen molar-refractivity contribution in [2.24, 2.45) is 0 Å². The number of benzene rings is 4. The van der Waals surface area contributed by atoms with E-state index in [4.69, 9.17) is 0 Å². The lowest BCUT2D eigenvalue weighted by molar-refractivity contribution is 0.453. The second kappa shape index (κ2) is 8.75. The minimum absolute atomic E-state index is 0.170. The highest BCUT2D eigenvalue weighted by Gasteiger charge is 2.21. The van der Waals surface area contributed by atoms with Crippen molar-refractivity contribution in [2.45, 2.75) is 18.8 Å². The largest absolute Gasteiger partial charge is 0.508 e. The van der Waals surface area contributed by atoms with Gasteiger partial charge in [0.15, 0.2) is 0 Å². The molecule has 4 aromatic rings. The first kappa shape index (κ1) is 19.6. The lowest BCUT2D eigenvalue weighted by atomic mass is 9.84. The van der Waals surface area contributed by atoms with Crippen LogP contribution in [0.1, 0.15) is 33.7 Å². The quantitative estimate of drug-likeness (QED) is 0.388. The minimum Gasteiger partial charge on any atom is -0.508 e. The molecule has 0 aliphatic carbocycles. The summed E-state index contributed by atoms with van der Waals surface area (Å²) in [6, 6.07) is 30.2. The highest BCUT2D eigenvalue weighted by Crippen LogP contribution is 2.37. The Balaban J connectivity index is 1.61. The standard InChI is InChI=1S/C27H24O3/c28-25-10-4-1-7-21(25)17-19-13-15-20(16-14-19)18-24(22-8-2-5-11-26(22)29)23-9-3-6-12-27(23)30/h1-16,24,28-30H,17-18H2. The van der Waals surface area contributed by atoms with Gasteiger partial charge in [-0.15, -0.1) is 0 Å². The molecule has 0 saturated heterocycles. The Kier molecular flexibility index (Phi) is 5.71. The van der Waals surface area contributed by atoms with Gasteiger partial charge >= 0.3 is 0 Å². The van der Waals surface area contributed by atoms with E-state index in [9.17, 15) is 15.3 Å². The predicted octanol–water partition coefficient (Wildman–Crippen LogP) is 5.77. The Labute approximate surface area is 176 Å². The molecule has 0 amide bonds. The SMILES string of the molecule is Oc1ccccc1Cc1ccc(CC(c2ccccc2O)c2ccccc2O)cc1. The third-order valence-corrected chi connectivity index (χ3v) is 5.47. The molecule has 0 radical (unpaired) electrons. The normalized spacial score (nSPS) is 11.0. The first-order chi connectivity index (χ1) is 14.6. The van der Waals surface area contributed by atoms with Crippen molar-refractivity contribution >= 4 is 0 Å². The second-order valence-corrected chi connectivity index (χ2v) is 7.50. The molecule has 0 atom stereocenters. The highest BCUT2D eigenvalue weighted by molar-refractivity contribution is 5.47. The van der Waals surface area contributed by atoms with Gasteiger partial charge in [-0.3, -0.25) is 0 Å². The van der Waals surface area contributed by atoms with Crippen molar-refractivity contribution in [3.63, 3.8) is 0 Å². The van der Waals surface area contributed by atoms with Crippen LogP contribution in [0.15, 0.2) is 97.1 Å². The van der Waals surface area contributed by atoms with E-state index >= 15 is 0 Å². The molecular weight excluding hydrogens is 372 g/mol. The number of para-hydroxylation sites is 3. The topological polar surface area (TPSA) is 60.7 Å². The van der Waals surface area contributed by atoms with E-state index in [-0.39, 0.29) is 17.4 Å². The van der Waals surface area contributed by atoms with Crippen LogP contribution in [0.5, 0.6) is 17.2 Å². The number of hydrogen-bond donors (Lipinski definition) is 3. The number of aromatic hydroxyl groups is 3. The molecule has 0 bridgehead atoms. The van der Waals surface area contributed by atoms with Crippen LogP contribution in [0.2, 0.25) is 0 Å². The maximum Gasteiger partial charge on any atom is 0.119 e. The predicted molar refractivity (Wildman–Crippen MR) is 119 cm³/mol. The lowest BCUT2D eigenvalue weighted by Gasteiger charge is -2.20. The molecule has 30 heavy (non-hydrogen) atoms. The molecule has 4 aromatic carbocycles. The number of hydrogen-bond acceptors (Lipinski definition) is 3. The first-order valence-corrected chi connectivity index (χ1v) is 10.0. The highest BCUT2D eigenvalue weighted by atomic mass is 16.3. The molecule has 0 spiro atoms. The van der Waals surface area contributed by atoms with E-state index < -0.39 is 0 Å². The molecule has 4 rings (SSSR count). The van der Waals surface area contributed by atoms with Gasteiger partial charge in [-0.1, -0.05) is 78.9 Å². The molecule has 0 saturated carbocycles. The van der Waals surface area contributed by atoms with Crippen LogP contribution in [0, 0.1) is 0 Å². The maximum absolute atomic E-state index is 10.4. The maximum atomic E-state index is 10.4. The van der Waals surface area contributed by atoms with Crippen molar-refractivity contribution < 1.29 is 15.3 Å². The molecule has 0 heterocycles. The van der Waals surface area contributed by atoms with Gasteiger partial charge in [-0.05, 0) is 41.3 Å². The summed E-state index contributed by atoms with van der Waals surface area (Å²) in [6.07, 6.45) is 1.31. The Bertz CT molecular complexity index is 1090. The zero-order valence-electron chi connectivity index (χ0n) is 16.6. The minimum atomic E-state index is -0.170. The summed E-state index contributed by atoms with van der Waals surface area (Å²) in [5.74, 6) is 0.584. The molecule has 0 unspecified atom stereocenters. The monoisotopic (exact) mass is 396 g/mol. The van der Waals surface area contributed by atoms with Crippen molar-refractivity contribution in [3.8, 4) is 17.2 Å². The zero-order chi connectivity index (χ0) is 20.9. The number of rotatable bonds is 6. The van der Waals surface area contributed by atoms with E-state index in [1.54, 1.807) is 30.3 Å². The lowest BCUT2D eigenvalue weighted by Crippen LogP contribution is -2.06. The van der Waals surface area contributed by atoms with Crippen LogP contribution < -0.4 is 0 Å². The van der Waals surface area contributed by atoms with Gasteiger partial charge < -0.3 is 15.3 Å². The summed E-state index contributed by atoms with van der Waals surface area (Å²) in [5.41, 5.74) is 4.69. The molecule has 0 aliphatic heterocycles. The molecule has 0 aromatic heterocycles. The Hall–Kier alpha value is -3.72. The summed E-state index contributed by atoms with van der Waals surface area (Å²) in [5, 5.41) is 30.9. The third-order valence-electron chi connectivity index (χ3n) is 5.47. The molecular formula is C27H24O3. The van der Waals surface area contributed by atoms with E-state index in [0.29, 0.717) is 18.6 Å². The van der Waals surface area contributed by atoms with Crippen LogP contribution in [0.3, 0.4) is 0 Å². The smallest absolute Gasteiger partial charge is 0.119 e. The fourth-order valence-corrected chi connectivity index (χ4v) is 3.86. The number of phenols is 3. The Morgan fingerprint density at radius 3 is 1.50 bits per heavy atom. The van der Waals surface area contributed by atoms with Gasteiger partial charge in [0, 0.05) is 23.5 Å². The second-order valence-electron chi connectivity index (χ2n) is 7.50. The van der Waals surface area contributed by atoms with Gasteiger partial charge in [0.1, 0.15) is 17.2 Å². The average molecular weight is 396 g/mol. The van der Waals surface area contributed by atoms with E-state index in [2.05, 4.69) is 24.3 Å². The van der Waals surface area contributed by atoms with Crippen LogP contribution in [-0.4, -0.2) is 15.3 Å². The van der Waals surface area contributed by atoms with Gasteiger partial charge in [-0.2, -0.15) is 0 Å². The van der Waals surface area contributed by atoms with Gasteiger partial charge in [-0.25, -0.2) is 0 Å². The summed E-state index contributed by atoms with van der Waals surface area (Å²) < 4.78 is 0. The van der Waals surface area contributed by atoms with E-state index in [0.717, 1.165) is 27.8 Å². The fraction of sp³-hybridized carbons (Fsp3) is 0.111. The number of phenolic OH excluding ortho intramolecular Hbond substituents is 3. The molecule has 3 N–H and O–H groups in total. The van der Waals surface area contributed by atoms with Crippen LogP contribution in [0.4, 0.5) is 0 Å².